The van der Waals surface area contributed by atoms with Crippen molar-refractivity contribution in [1.82, 2.24) is 9.78 Å². The number of para-hydroxylation sites is 1. The third kappa shape index (κ3) is 2.48. The zero-order valence-electron chi connectivity index (χ0n) is 11.7. The number of amides is 2. The highest BCUT2D eigenvalue weighted by Crippen LogP contribution is 2.23. The van der Waals surface area contributed by atoms with E-state index in [4.69, 9.17) is 5.73 Å². The predicted octanol–water partition coefficient (Wildman–Crippen LogP) is 0.0707. The molecule has 3 rings (SSSR count). The summed E-state index contributed by atoms with van der Waals surface area (Å²) in [7, 11) is 0. The van der Waals surface area contributed by atoms with Gasteiger partial charge in [-0.25, -0.2) is 0 Å². The normalized spacial score (nSPS) is 17.7. The molecule has 22 heavy (non-hydrogen) atoms. The first kappa shape index (κ1) is 14.0. The van der Waals surface area contributed by atoms with Crippen molar-refractivity contribution in [3.8, 4) is 5.69 Å². The van der Waals surface area contributed by atoms with E-state index in [1.807, 2.05) is 6.07 Å². The van der Waals surface area contributed by atoms with Crippen LogP contribution in [0.15, 0.2) is 47.4 Å². The summed E-state index contributed by atoms with van der Waals surface area (Å²) < 4.78 is 1.25. The highest BCUT2D eigenvalue weighted by atomic mass is 16.2. The van der Waals surface area contributed by atoms with E-state index in [9.17, 15) is 14.4 Å². The van der Waals surface area contributed by atoms with E-state index >= 15 is 0 Å². The van der Waals surface area contributed by atoms with Gasteiger partial charge in [0.25, 0.3) is 5.56 Å². The summed E-state index contributed by atoms with van der Waals surface area (Å²) in [6.45, 7) is 0.185. The maximum absolute atomic E-state index is 12.2. The van der Waals surface area contributed by atoms with Gasteiger partial charge in [0.15, 0.2) is 0 Å². The summed E-state index contributed by atoms with van der Waals surface area (Å²) in [6.07, 6.45) is 1.51. The van der Waals surface area contributed by atoms with Crippen LogP contribution in [0.1, 0.15) is 6.42 Å². The third-order valence-electron chi connectivity index (χ3n) is 3.63. The van der Waals surface area contributed by atoms with Gasteiger partial charge in [0.2, 0.25) is 11.8 Å². The Morgan fingerprint density at radius 2 is 1.91 bits per heavy atom. The second-order valence-corrected chi connectivity index (χ2v) is 5.11. The molecule has 1 aromatic heterocycles. The van der Waals surface area contributed by atoms with Crippen LogP contribution in [-0.4, -0.2) is 28.1 Å². The van der Waals surface area contributed by atoms with Crippen molar-refractivity contribution < 1.29 is 9.59 Å². The summed E-state index contributed by atoms with van der Waals surface area (Å²) >= 11 is 0. The Balaban J connectivity index is 1.92. The molecular weight excluding hydrogens is 284 g/mol. The first-order chi connectivity index (χ1) is 10.6. The van der Waals surface area contributed by atoms with Gasteiger partial charge in [-0.15, -0.1) is 0 Å². The van der Waals surface area contributed by atoms with Gasteiger partial charge in [0, 0.05) is 19.0 Å². The van der Waals surface area contributed by atoms with Crippen LogP contribution >= 0.6 is 0 Å². The number of hydrogen-bond donors (Lipinski definition) is 1. The molecule has 7 heteroatoms. The van der Waals surface area contributed by atoms with Crippen molar-refractivity contribution in [3.63, 3.8) is 0 Å². The smallest absolute Gasteiger partial charge is 0.273 e. The van der Waals surface area contributed by atoms with E-state index in [-0.39, 0.29) is 24.4 Å². The van der Waals surface area contributed by atoms with Gasteiger partial charge >= 0.3 is 0 Å². The molecule has 1 fully saturated rings. The molecule has 1 atom stereocenters. The molecule has 0 aliphatic carbocycles. The Hall–Kier alpha value is -2.96. The Labute approximate surface area is 126 Å². The number of aromatic nitrogens is 2. The van der Waals surface area contributed by atoms with Crippen molar-refractivity contribution >= 4 is 17.5 Å². The first-order valence-corrected chi connectivity index (χ1v) is 6.81. The fourth-order valence-corrected chi connectivity index (χ4v) is 2.46. The molecule has 1 aliphatic rings. The summed E-state index contributed by atoms with van der Waals surface area (Å²) in [5.41, 5.74) is 5.90. The molecular formula is C15H14N4O3. The number of nitrogens with zero attached hydrogens (tertiary/aromatic N) is 3. The Morgan fingerprint density at radius 1 is 1.18 bits per heavy atom. The zero-order chi connectivity index (χ0) is 15.7. The number of hydrogen-bond acceptors (Lipinski definition) is 4. The lowest BCUT2D eigenvalue weighted by Crippen LogP contribution is -2.30. The van der Waals surface area contributed by atoms with Gasteiger partial charge in [-0.1, -0.05) is 18.2 Å². The molecule has 0 bridgehead atoms. The van der Waals surface area contributed by atoms with E-state index in [1.54, 1.807) is 24.3 Å². The van der Waals surface area contributed by atoms with Crippen molar-refractivity contribution in [2.24, 2.45) is 11.7 Å². The van der Waals surface area contributed by atoms with Crippen LogP contribution in [0.5, 0.6) is 0 Å². The highest BCUT2D eigenvalue weighted by Gasteiger charge is 2.34. The third-order valence-corrected chi connectivity index (χ3v) is 3.63. The standard InChI is InChI=1S/C15H14N4O3/c16-15(22)10-6-13(20)18(9-10)12-7-14(21)19(17-8-12)11-4-2-1-3-5-11/h1-5,7-8,10H,6,9H2,(H2,16,22). The number of anilines is 1. The molecule has 2 N–H and O–H groups in total. The molecule has 1 aliphatic heterocycles. The Kier molecular flexibility index (Phi) is 3.46. The minimum atomic E-state index is -0.524. The second kappa shape index (κ2) is 5.44. The van der Waals surface area contributed by atoms with Crippen molar-refractivity contribution in [1.29, 1.82) is 0 Å². The number of benzene rings is 1. The molecule has 2 aromatic rings. The number of primary amides is 1. The molecule has 1 unspecified atom stereocenters. The number of carbonyl (C=O) groups is 2. The number of rotatable bonds is 3. The quantitative estimate of drug-likeness (QED) is 0.867. The fourth-order valence-electron chi connectivity index (χ4n) is 2.46. The molecule has 1 saturated heterocycles. The van der Waals surface area contributed by atoms with E-state index in [2.05, 4.69) is 5.10 Å². The average Bonchev–Trinajstić information content (AvgIpc) is 2.90. The lowest BCUT2D eigenvalue weighted by Gasteiger charge is -2.16. The van der Waals surface area contributed by atoms with Gasteiger partial charge in [-0.05, 0) is 12.1 Å². The zero-order valence-corrected chi connectivity index (χ0v) is 11.7. The average molecular weight is 298 g/mol. The summed E-state index contributed by atoms with van der Waals surface area (Å²) in [6, 6.07) is 10.3. The van der Waals surface area contributed by atoms with Gasteiger partial charge in [-0.2, -0.15) is 9.78 Å². The lowest BCUT2D eigenvalue weighted by atomic mass is 10.1. The minimum Gasteiger partial charge on any atom is -0.369 e. The molecule has 1 aromatic carbocycles. The molecule has 0 radical (unpaired) electrons. The largest absolute Gasteiger partial charge is 0.369 e. The highest BCUT2D eigenvalue weighted by molar-refractivity contribution is 5.99. The molecule has 112 valence electrons. The number of nitrogens with two attached hydrogens (primary N) is 1. The van der Waals surface area contributed by atoms with Gasteiger partial charge in [-0.3, -0.25) is 14.4 Å². The topological polar surface area (TPSA) is 98.3 Å². The van der Waals surface area contributed by atoms with Crippen LogP contribution in [0.4, 0.5) is 5.69 Å². The summed E-state index contributed by atoms with van der Waals surface area (Å²) in [5.74, 6) is -1.27. The lowest BCUT2D eigenvalue weighted by molar-refractivity contribution is -0.123. The monoisotopic (exact) mass is 298 g/mol. The predicted molar refractivity (Wildman–Crippen MR) is 79.5 cm³/mol. The van der Waals surface area contributed by atoms with E-state index < -0.39 is 11.8 Å². The molecule has 0 saturated carbocycles. The van der Waals surface area contributed by atoms with Crippen LogP contribution in [-0.2, 0) is 9.59 Å². The van der Waals surface area contributed by atoms with Crippen molar-refractivity contribution in [3.05, 3.63) is 52.9 Å². The summed E-state index contributed by atoms with van der Waals surface area (Å²) in [5, 5.41) is 4.09. The SMILES string of the molecule is NC(=O)C1CC(=O)N(c2cnn(-c3ccccc3)c(=O)c2)C1. The fraction of sp³-hybridized carbons (Fsp3) is 0.200. The van der Waals surface area contributed by atoms with Gasteiger partial charge in [0.05, 0.1) is 23.5 Å². The minimum absolute atomic E-state index is 0.0666. The molecule has 2 heterocycles. The first-order valence-electron chi connectivity index (χ1n) is 6.81. The van der Waals surface area contributed by atoms with Crippen molar-refractivity contribution in [2.45, 2.75) is 6.42 Å². The number of carbonyl (C=O) groups excluding carboxylic acids is 2. The van der Waals surface area contributed by atoms with Crippen LogP contribution in [0.25, 0.3) is 5.69 Å². The van der Waals surface area contributed by atoms with Crippen LogP contribution in [0.3, 0.4) is 0 Å². The molecule has 7 nitrogen and oxygen atoms in total. The van der Waals surface area contributed by atoms with E-state index in [0.29, 0.717) is 11.4 Å². The second-order valence-electron chi connectivity index (χ2n) is 5.11. The maximum atomic E-state index is 12.2. The van der Waals surface area contributed by atoms with E-state index in [0.717, 1.165) is 0 Å². The van der Waals surface area contributed by atoms with E-state index in [1.165, 1.54) is 21.8 Å². The van der Waals surface area contributed by atoms with Gasteiger partial charge in [0.1, 0.15) is 0 Å². The van der Waals surface area contributed by atoms with Crippen molar-refractivity contribution in [2.75, 3.05) is 11.4 Å². The molecule has 0 spiro atoms. The Morgan fingerprint density at radius 3 is 2.50 bits per heavy atom. The van der Waals surface area contributed by atoms with Gasteiger partial charge < -0.3 is 10.6 Å². The summed E-state index contributed by atoms with van der Waals surface area (Å²) in [4.78, 5) is 36.7. The van der Waals surface area contributed by atoms with Crippen LogP contribution in [0.2, 0.25) is 0 Å². The van der Waals surface area contributed by atoms with Crippen LogP contribution < -0.4 is 16.2 Å². The Bertz CT molecular complexity index is 785. The molecule has 2 amide bonds. The van der Waals surface area contributed by atoms with Crippen LogP contribution in [0, 0.1) is 5.92 Å². The maximum Gasteiger partial charge on any atom is 0.273 e.